The van der Waals surface area contributed by atoms with Crippen LogP contribution in [0.4, 0.5) is 0 Å². The monoisotopic (exact) mass is 295 g/mol. The normalized spacial score (nSPS) is 17.9. The van der Waals surface area contributed by atoms with Crippen LogP contribution in [-0.2, 0) is 4.74 Å². The Morgan fingerprint density at radius 1 is 1.45 bits per heavy atom. The van der Waals surface area contributed by atoms with Gasteiger partial charge < -0.3 is 10.1 Å². The summed E-state index contributed by atoms with van der Waals surface area (Å²) >= 11 is 5.52. The first-order chi connectivity index (χ1) is 9.68. The Kier molecular flexibility index (Phi) is 5.78. The van der Waals surface area contributed by atoms with E-state index in [0.29, 0.717) is 0 Å². The standard InChI is InChI=1S/C13H21N5OS/c1-17(2)12(11-9-14-3-4-15-11)13(20)16-10-18-5-7-19-8-6-18/h3-4,9,12H,5-8,10H2,1-2H3,(H,16,20). The summed E-state index contributed by atoms with van der Waals surface area (Å²) in [5.74, 6) is 0. The van der Waals surface area contributed by atoms with E-state index >= 15 is 0 Å². The Hall–Kier alpha value is -1.15. The molecule has 1 atom stereocenters. The minimum absolute atomic E-state index is 0.0558. The topological polar surface area (TPSA) is 53.5 Å². The summed E-state index contributed by atoms with van der Waals surface area (Å²) in [6.07, 6.45) is 5.12. The predicted octanol–water partition coefficient (Wildman–Crippen LogP) is 0.286. The summed E-state index contributed by atoms with van der Waals surface area (Å²) in [5, 5.41) is 3.32. The first kappa shape index (κ1) is 15.2. The summed E-state index contributed by atoms with van der Waals surface area (Å²) in [6.45, 7) is 4.19. The van der Waals surface area contributed by atoms with Crippen LogP contribution in [0.5, 0.6) is 0 Å². The van der Waals surface area contributed by atoms with Gasteiger partial charge in [0.1, 0.15) is 11.0 Å². The molecule has 110 valence electrons. The quantitative estimate of drug-likeness (QED) is 0.783. The molecule has 1 aromatic rings. The van der Waals surface area contributed by atoms with E-state index < -0.39 is 0 Å². The van der Waals surface area contributed by atoms with Gasteiger partial charge in [-0.05, 0) is 14.1 Å². The third kappa shape index (κ3) is 4.17. The molecule has 1 aliphatic rings. The fraction of sp³-hybridized carbons (Fsp3) is 0.615. The third-order valence-corrected chi connectivity index (χ3v) is 3.58. The zero-order valence-electron chi connectivity index (χ0n) is 12.0. The van der Waals surface area contributed by atoms with Gasteiger partial charge in [-0.1, -0.05) is 12.2 Å². The highest BCUT2D eigenvalue weighted by atomic mass is 32.1. The Labute approximate surface area is 125 Å². The average molecular weight is 295 g/mol. The Balaban J connectivity index is 1.93. The zero-order chi connectivity index (χ0) is 14.4. The largest absolute Gasteiger partial charge is 0.379 e. The molecule has 0 spiro atoms. The maximum atomic E-state index is 5.52. The number of rotatable bonds is 5. The number of thiocarbonyl (C=S) groups is 1. The lowest BCUT2D eigenvalue weighted by Gasteiger charge is -2.30. The van der Waals surface area contributed by atoms with Crippen LogP contribution in [0.1, 0.15) is 11.7 Å². The van der Waals surface area contributed by atoms with Crippen molar-refractivity contribution in [3.05, 3.63) is 24.3 Å². The lowest BCUT2D eigenvalue weighted by Crippen LogP contribution is -2.46. The van der Waals surface area contributed by atoms with Crippen molar-refractivity contribution in [2.45, 2.75) is 6.04 Å². The van der Waals surface area contributed by atoms with Gasteiger partial charge in [-0.3, -0.25) is 19.8 Å². The zero-order valence-corrected chi connectivity index (χ0v) is 12.8. The van der Waals surface area contributed by atoms with Crippen LogP contribution in [0, 0.1) is 0 Å². The van der Waals surface area contributed by atoms with Gasteiger partial charge in [0.25, 0.3) is 0 Å². The summed E-state index contributed by atoms with van der Waals surface area (Å²) < 4.78 is 5.33. The van der Waals surface area contributed by atoms with Gasteiger partial charge in [0.05, 0.1) is 31.8 Å². The number of aromatic nitrogens is 2. The molecule has 6 nitrogen and oxygen atoms in total. The predicted molar refractivity (Wildman–Crippen MR) is 81.5 cm³/mol. The minimum Gasteiger partial charge on any atom is -0.379 e. The number of nitrogens with zero attached hydrogens (tertiary/aromatic N) is 4. The molecule has 1 N–H and O–H groups in total. The molecule has 7 heteroatoms. The van der Waals surface area contributed by atoms with Gasteiger partial charge >= 0.3 is 0 Å². The molecule has 1 unspecified atom stereocenters. The van der Waals surface area contributed by atoms with Crippen molar-refractivity contribution < 1.29 is 4.74 Å². The van der Waals surface area contributed by atoms with Gasteiger partial charge in [-0.25, -0.2) is 0 Å². The van der Waals surface area contributed by atoms with E-state index in [1.165, 1.54) is 0 Å². The second kappa shape index (κ2) is 7.58. The van der Waals surface area contributed by atoms with Crippen molar-refractivity contribution in [3.8, 4) is 0 Å². The van der Waals surface area contributed by atoms with Gasteiger partial charge in [0.2, 0.25) is 0 Å². The molecule has 1 fully saturated rings. The van der Waals surface area contributed by atoms with Crippen molar-refractivity contribution in [2.75, 3.05) is 47.1 Å². The molecular weight excluding hydrogens is 274 g/mol. The van der Waals surface area contributed by atoms with E-state index in [2.05, 4.69) is 20.2 Å². The number of ether oxygens (including phenoxy) is 1. The first-order valence-electron chi connectivity index (χ1n) is 6.68. The summed E-state index contributed by atoms with van der Waals surface area (Å²) in [6, 6.07) is -0.0558. The molecular formula is C13H21N5OS. The van der Waals surface area contributed by atoms with E-state index in [1.807, 2.05) is 19.0 Å². The van der Waals surface area contributed by atoms with Crippen LogP contribution >= 0.6 is 12.2 Å². The van der Waals surface area contributed by atoms with Crippen molar-refractivity contribution in [2.24, 2.45) is 0 Å². The SMILES string of the molecule is CN(C)C(C(=S)NCN1CCOCC1)c1cnccn1. The summed E-state index contributed by atoms with van der Waals surface area (Å²) in [7, 11) is 3.98. The number of hydrogen-bond acceptors (Lipinski definition) is 6. The number of nitrogens with one attached hydrogen (secondary N) is 1. The van der Waals surface area contributed by atoms with Crippen LogP contribution in [0.15, 0.2) is 18.6 Å². The molecule has 2 rings (SSSR count). The average Bonchev–Trinajstić information content (AvgIpc) is 2.47. The van der Waals surface area contributed by atoms with Gasteiger partial charge in [-0.2, -0.15) is 0 Å². The number of likely N-dealkylation sites (N-methyl/N-ethyl adjacent to an activating group) is 1. The Morgan fingerprint density at radius 2 is 2.20 bits per heavy atom. The molecule has 0 bridgehead atoms. The molecule has 1 saturated heterocycles. The second-order valence-corrected chi connectivity index (χ2v) is 5.37. The van der Waals surface area contributed by atoms with E-state index in [-0.39, 0.29) is 6.04 Å². The minimum atomic E-state index is -0.0558. The number of hydrogen-bond donors (Lipinski definition) is 1. The van der Waals surface area contributed by atoms with Crippen molar-refractivity contribution in [1.29, 1.82) is 0 Å². The molecule has 0 aliphatic carbocycles. The highest BCUT2D eigenvalue weighted by Gasteiger charge is 2.21. The van der Waals surface area contributed by atoms with Crippen LogP contribution < -0.4 is 5.32 Å². The third-order valence-electron chi connectivity index (χ3n) is 3.21. The maximum absolute atomic E-state index is 5.52. The molecule has 0 aromatic carbocycles. The van der Waals surface area contributed by atoms with Crippen molar-refractivity contribution in [1.82, 2.24) is 25.1 Å². The highest BCUT2D eigenvalue weighted by molar-refractivity contribution is 7.80. The molecule has 0 amide bonds. The van der Waals surface area contributed by atoms with Gasteiger partial charge in [0.15, 0.2) is 0 Å². The Bertz CT molecular complexity index is 422. The summed E-state index contributed by atoms with van der Waals surface area (Å²) in [4.78, 5) is 13.6. The van der Waals surface area contributed by atoms with Crippen molar-refractivity contribution >= 4 is 17.2 Å². The molecule has 2 heterocycles. The van der Waals surface area contributed by atoms with Gasteiger partial charge in [-0.15, -0.1) is 0 Å². The number of morpholine rings is 1. The van der Waals surface area contributed by atoms with Crippen molar-refractivity contribution in [3.63, 3.8) is 0 Å². The van der Waals surface area contributed by atoms with Crippen LogP contribution in [0.2, 0.25) is 0 Å². The lowest BCUT2D eigenvalue weighted by atomic mass is 10.2. The molecule has 1 aliphatic heterocycles. The fourth-order valence-electron chi connectivity index (χ4n) is 2.13. The maximum Gasteiger partial charge on any atom is 0.104 e. The van der Waals surface area contributed by atoms with Crippen LogP contribution in [-0.4, -0.2) is 71.8 Å². The van der Waals surface area contributed by atoms with E-state index in [0.717, 1.165) is 43.7 Å². The summed E-state index contributed by atoms with van der Waals surface area (Å²) in [5.41, 5.74) is 0.858. The smallest absolute Gasteiger partial charge is 0.104 e. The van der Waals surface area contributed by atoms with Gasteiger partial charge in [0, 0.05) is 25.5 Å². The second-order valence-electron chi connectivity index (χ2n) is 4.93. The highest BCUT2D eigenvalue weighted by Crippen LogP contribution is 2.15. The van der Waals surface area contributed by atoms with Crippen LogP contribution in [0.25, 0.3) is 0 Å². The fourth-order valence-corrected chi connectivity index (χ4v) is 2.53. The molecule has 0 radical (unpaired) electrons. The molecule has 1 aromatic heterocycles. The van der Waals surface area contributed by atoms with E-state index in [9.17, 15) is 0 Å². The first-order valence-corrected chi connectivity index (χ1v) is 7.09. The molecule has 0 saturated carbocycles. The Morgan fingerprint density at radius 3 is 2.80 bits per heavy atom. The molecule has 20 heavy (non-hydrogen) atoms. The van der Waals surface area contributed by atoms with E-state index in [1.54, 1.807) is 18.6 Å². The lowest BCUT2D eigenvalue weighted by molar-refractivity contribution is 0.0365. The van der Waals surface area contributed by atoms with Crippen LogP contribution in [0.3, 0.4) is 0 Å². The van der Waals surface area contributed by atoms with E-state index in [4.69, 9.17) is 17.0 Å².